The number of hydrogen-bond acceptors (Lipinski definition) is 9. The molecule has 2 fully saturated rings. The first kappa shape index (κ1) is 37.4. The molecule has 5 aliphatic heterocycles. The number of piperidine rings is 1. The van der Waals surface area contributed by atoms with Gasteiger partial charge in [-0.15, -0.1) is 0 Å². The summed E-state index contributed by atoms with van der Waals surface area (Å²) in [6, 6.07) is 19.9. The van der Waals surface area contributed by atoms with E-state index in [1.807, 2.05) is 36.2 Å². The van der Waals surface area contributed by atoms with Crippen LogP contribution < -0.4 is 16.0 Å². The van der Waals surface area contributed by atoms with E-state index in [-0.39, 0.29) is 41.8 Å². The molecule has 3 N–H and O–H groups in total. The quantitative estimate of drug-likeness (QED) is 0.130. The van der Waals surface area contributed by atoms with Crippen LogP contribution in [-0.4, -0.2) is 93.3 Å². The number of methoxy groups -OCH3 is 1. The molecule has 4 aromatic carbocycles. The number of amides is 6. The first-order valence-corrected chi connectivity index (χ1v) is 20.9. The molecule has 310 valence electrons. The second-order valence-corrected chi connectivity index (χ2v) is 16.9. The molecule has 61 heavy (non-hydrogen) atoms. The highest BCUT2D eigenvalue weighted by molar-refractivity contribution is 6.31. The Labute approximate surface area is 348 Å². The zero-order valence-electron chi connectivity index (χ0n) is 33.9. The number of fused-ring (bicyclic) bond motifs is 14. The van der Waals surface area contributed by atoms with Crippen molar-refractivity contribution in [3.63, 3.8) is 0 Å². The van der Waals surface area contributed by atoms with Gasteiger partial charge in [0, 0.05) is 73.7 Å². The summed E-state index contributed by atoms with van der Waals surface area (Å²) in [5.74, 6) is -2.30. The molecule has 6 amide bonds. The van der Waals surface area contributed by atoms with Crippen molar-refractivity contribution < 1.29 is 38.2 Å². The molecule has 7 heterocycles. The van der Waals surface area contributed by atoms with Crippen molar-refractivity contribution in [1.29, 1.82) is 0 Å². The SMILES string of the molecule is CO[C@@H]1[C@H](N(C)C(=O)CCCCNc2ccc3c(c2)C(=O)N(C2CCC(=O)NC2=O)C3=O)C[C@H]2O[C@]1(C)n1c3ccccc3c3c4c(c5c6ccccc6n2c5c31)C(=O)NC4. The van der Waals surface area contributed by atoms with Crippen LogP contribution in [0.25, 0.3) is 43.6 Å². The molecule has 0 radical (unpaired) electrons. The Balaban J connectivity index is 0.848. The van der Waals surface area contributed by atoms with E-state index in [0.29, 0.717) is 50.0 Å². The predicted octanol–water partition coefficient (Wildman–Crippen LogP) is 5.28. The molecule has 2 saturated heterocycles. The fourth-order valence-electron chi connectivity index (χ4n) is 11.0. The number of anilines is 1. The van der Waals surface area contributed by atoms with E-state index >= 15 is 0 Å². The maximum absolute atomic E-state index is 14.2. The molecule has 15 heteroatoms. The minimum Gasteiger partial charge on any atom is -0.385 e. The van der Waals surface area contributed by atoms with Gasteiger partial charge in [0.1, 0.15) is 18.4 Å². The molecular formula is C46H43N7O8. The Kier molecular flexibility index (Phi) is 8.26. The average Bonchev–Trinajstić information content (AvgIpc) is 3.96. The van der Waals surface area contributed by atoms with Crippen LogP contribution in [0.5, 0.6) is 0 Å². The molecule has 5 atom stereocenters. The average molecular weight is 822 g/mol. The van der Waals surface area contributed by atoms with Gasteiger partial charge in [-0.3, -0.25) is 39.0 Å². The number of imide groups is 2. The number of benzene rings is 4. The lowest BCUT2D eigenvalue weighted by molar-refractivity contribution is -0.266. The van der Waals surface area contributed by atoms with Gasteiger partial charge in [-0.25, -0.2) is 0 Å². The van der Waals surface area contributed by atoms with Crippen molar-refractivity contribution in [2.45, 2.75) is 82.1 Å². The number of hydrogen-bond donors (Lipinski definition) is 3. The summed E-state index contributed by atoms with van der Waals surface area (Å²) in [5.41, 5.74) is 5.54. The summed E-state index contributed by atoms with van der Waals surface area (Å²) < 4.78 is 18.2. The van der Waals surface area contributed by atoms with E-state index in [1.165, 1.54) is 0 Å². The van der Waals surface area contributed by atoms with E-state index in [4.69, 9.17) is 9.47 Å². The number of para-hydroxylation sites is 2. The first-order chi connectivity index (χ1) is 29.5. The third-order valence-electron chi connectivity index (χ3n) is 13.7. The largest absolute Gasteiger partial charge is 0.385 e. The number of aromatic nitrogens is 2. The summed E-state index contributed by atoms with van der Waals surface area (Å²) in [5, 5.41) is 12.6. The van der Waals surface area contributed by atoms with Crippen LogP contribution in [0, 0.1) is 0 Å². The standard InChI is InChI=1S/C46H43N7O8/c1-46-41(60-3)32(50(2)34(55)14-8-9-19-47-23-15-16-24-27(20-23)45(59)52(44(24)58)31-17-18-33(54)49-42(31)56)21-35(61-46)51-29-12-6-4-10-25(29)37-38-28(22-48-43(38)57)36-26-11-5-7-13-30(26)53(46)40(36)39(37)51/h4-7,10-13,15-16,20,31-32,35,41,47H,8-9,14,17-19,21-22H2,1-3H3,(H,48,57)(H,49,54,56)/t31?,32-,35-,41-,46+/m1/s1. The van der Waals surface area contributed by atoms with Crippen molar-refractivity contribution in [2.24, 2.45) is 0 Å². The van der Waals surface area contributed by atoms with Crippen LogP contribution in [0.15, 0.2) is 66.7 Å². The Hall–Kier alpha value is -6.58. The van der Waals surface area contributed by atoms with E-state index < -0.39 is 47.7 Å². The number of unbranched alkanes of at least 4 members (excludes halogenated alkanes) is 1. The fraction of sp³-hybridized carbons (Fsp3) is 0.348. The van der Waals surface area contributed by atoms with E-state index in [0.717, 1.165) is 54.1 Å². The highest BCUT2D eigenvalue weighted by Gasteiger charge is 2.55. The number of carbonyl (C=O) groups is 6. The Morgan fingerprint density at radius 2 is 1.67 bits per heavy atom. The lowest BCUT2D eigenvalue weighted by atomic mass is 9.91. The van der Waals surface area contributed by atoms with Crippen LogP contribution >= 0.6 is 0 Å². The Morgan fingerprint density at radius 1 is 0.934 bits per heavy atom. The highest BCUT2D eigenvalue weighted by Crippen LogP contribution is 2.54. The van der Waals surface area contributed by atoms with Gasteiger partial charge in [-0.2, -0.15) is 0 Å². The van der Waals surface area contributed by atoms with E-state index in [1.54, 1.807) is 25.3 Å². The van der Waals surface area contributed by atoms with Crippen LogP contribution in [0.4, 0.5) is 5.69 Å². The monoisotopic (exact) mass is 821 g/mol. The van der Waals surface area contributed by atoms with Crippen LogP contribution in [-0.2, 0) is 36.1 Å². The highest BCUT2D eigenvalue weighted by atomic mass is 16.6. The van der Waals surface area contributed by atoms with E-state index in [2.05, 4.69) is 56.3 Å². The lowest BCUT2D eigenvalue weighted by Crippen LogP contribution is -2.61. The lowest BCUT2D eigenvalue weighted by Gasteiger charge is -2.50. The minimum absolute atomic E-state index is 0.0253. The third-order valence-corrected chi connectivity index (χ3v) is 13.7. The summed E-state index contributed by atoms with van der Waals surface area (Å²) in [4.78, 5) is 81.2. The number of ether oxygens (including phenoxy) is 2. The molecule has 5 aliphatic rings. The van der Waals surface area contributed by atoms with Crippen molar-refractivity contribution in [3.8, 4) is 0 Å². The van der Waals surface area contributed by atoms with Crippen molar-refractivity contribution >= 4 is 84.7 Å². The zero-order valence-corrected chi connectivity index (χ0v) is 33.9. The zero-order chi connectivity index (χ0) is 42.1. The summed E-state index contributed by atoms with van der Waals surface area (Å²) in [6.07, 6.45) is 1.10. The summed E-state index contributed by atoms with van der Waals surface area (Å²) in [6.45, 7) is 3.00. The smallest absolute Gasteiger partial charge is 0.262 e. The number of nitrogens with zero attached hydrogens (tertiary/aromatic N) is 4. The van der Waals surface area contributed by atoms with Crippen LogP contribution in [0.3, 0.4) is 0 Å². The van der Waals surface area contributed by atoms with Gasteiger partial charge in [0.05, 0.1) is 44.8 Å². The van der Waals surface area contributed by atoms with Gasteiger partial charge in [-0.1, -0.05) is 36.4 Å². The number of rotatable bonds is 9. The van der Waals surface area contributed by atoms with E-state index in [9.17, 15) is 28.8 Å². The summed E-state index contributed by atoms with van der Waals surface area (Å²) >= 11 is 0. The van der Waals surface area contributed by atoms with Crippen molar-refractivity contribution in [3.05, 3.63) is 89.0 Å². The molecule has 0 saturated carbocycles. The predicted molar refractivity (Wildman–Crippen MR) is 225 cm³/mol. The molecule has 1 unspecified atom stereocenters. The minimum atomic E-state index is -1.06. The molecule has 0 spiro atoms. The maximum atomic E-state index is 14.2. The first-order valence-electron chi connectivity index (χ1n) is 20.9. The van der Waals surface area contributed by atoms with Crippen LogP contribution in [0.1, 0.15) is 88.3 Å². The second-order valence-electron chi connectivity index (χ2n) is 16.9. The maximum Gasteiger partial charge on any atom is 0.262 e. The number of carbonyl (C=O) groups excluding carboxylic acids is 6. The second kappa shape index (κ2) is 13.5. The van der Waals surface area contributed by atoms with Gasteiger partial charge < -0.3 is 34.1 Å². The third kappa shape index (κ3) is 5.16. The molecule has 2 bridgehead atoms. The molecule has 15 nitrogen and oxygen atoms in total. The Bertz CT molecular complexity index is 2990. The van der Waals surface area contributed by atoms with Gasteiger partial charge in [-0.05, 0) is 62.1 Å². The molecule has 11 rings (SSSR count). The van der Waals surface area contributed by atoms with Gasteiger partial charge in [0.2, 0.25) is 17.7 Å². The normalized spacial score (nSPS) is 24.2. The molecule has 6 aromatic rings. The van der Waals surface area contributed by atoms with Gasteiger partial charge in [0.25, 0.3) is 17.7 Å². The van der Waals surface area contributed by atoms with Gasteiger partial charge >= 0.3 is 0 Å². The van der Waals surface area contributed by atoms with Crippen molar-refractivity contribution in [2.75, 3.05) is 26.0 Å². The fourth-order valence-corrected chi connectivity index (χ4v) is 11.0. The molecule has 2 aromatic heterocycles. The van der Waals surface area contributed by atoms with Crippen LogP contribution in [0.2, 0.25) is 0 Å². The topological polar surface area (TPSA) is 173 Å². The number of nitrogens with one attached hydrogen (secondary N) is 3. The van der Waals surface area contributed by atoms with Gasteiger partial charge in [0.15, 0.2) is 5.72 Å². The van der Waals surface area contributed by atoms with Crippen molar-refractivity contribution in [1.82, 2.24) is 29.6 Å². The summed E-state index contributed by atoms with van der Waals surface area (Å²) in [7, 11) is 3.52. The number of likely N-dealkylation sites (N-methyl/N-ethyl adjacent to an activating group) is 1. The Morgan fingerprint density at radius 3 is 2.44 bits per heavy atom. The molecule has 0 aliphatic carbocycles. The molecular weight excluding hydrogens is 779 g/mol.